The highest BCUT2D eigenvalue weighted by Gasteiger charge is 2.13. The Bertz CT molecular complexity index is 901. The van der Waals surface area contributed by atoms with Crippen LogP contribution >= 0.6 is 0 Å². The summed E-state index contributed by atoms with van der Waals surface area (Å²) in [6.45, 7) is 8.83. The molecule has 0 radical (unpaired) electrons. The molecule has 0 aliphatic carbocycles. The summed E-state index contributed by atoms with van der Waals surface area (Å²) in [5.41, 5.74) is 1.96. The first-order chi connectivity index (χ1) is 13.7. The van der Waals surface area contributed by atoms with Gasteiger partial charge in [-0.3, -0.25) is 0 Å². The number of nitrogens with one attached hydrogen (secondary N) is 1. The standard InChI is InChI=1S/C22H29N5O/c1-16(2)5-8-21-25-19-7-6-17(20-14-23-15-28-20)13-18(19)22(26-21)24-9-12-27-10-3-4-11-27/h6-7,13-16H,3-5,8-12H2,1-2H3,(H,24,25,26). The minimum absolute atomic E-state index is 0.639. The molecular formula is C22H29N5O. The number of aromatic nitrogens is 3. The van der Waals surface area contributed by atoms with E-state index in [1.54, 1.807) is 6.20 Å². The van der Waals surface area contributed by atoms with Gasteiger partial charge < -0.3 is 14.6 Å². The molecule has 1 fully saturated rings. The van der Waals surface area contributed by atoms with Crippen molar-refractivity contribution in [2.45, 2.75) is 39.5 Å². The first-order valence-electron chi connectivity index (χ1n) is 10.3. The van der Waals surface area contributed by atoms with Crippen molar-refractivity contribution in [1.29, 1.82) is 0 Å². The van der Waals surface area contributed by atoms with Crippen LogP contribution in [0.1, 0.15) is 38.9 Å². The van der Waals surface area contributed by atoms with Crippen LogP contribution in [-0.2, 0) is 6.42 Å². The highest BCUT2D eigenvalue weighted by Crippen LogP contribution is 2.27. The van der Waals surface area contributed by atoms with Gasteiger partial charge in [-0.2, -0.15) is 0 Å². The molecule has 0 amide bonds. The summed E-state index contributed by atoms with van der Waals surface area (Å²) < 4.78 is 5.47. The maximum absolute atomic E-state index is 5.47. The van der Waals surface area contributed by atoms with Crippen LogP contribution in [0.2, 0.25) is 0 Å². The molecule has 1 aliphatic heterocycles. The van der Waals surface area contributed by atoms with Crippen LogP contribution < -0.4 is 5.32 Å². The summed E-state index contributed by atoms with van der Waals surface area (Å²) in [6.07, 6.45) is 7.82. The van der Waals surface area contributed by atoms with Crippen LogP contribution in [0.4, 0.5) is 5.82 Å². The zero-order chi connectivity index (χ0) is 19.3. The van der Waals surface area contributed by atoms with E-state index < -0.39 is 0 Å². The monoisotopic (exact) mass is 379 g/mol. The van der Waals surface area contributed by atoms with E-state index in [-0.39, 0.29) is 0 Å². The average molecular weight is 380 g/mol. The number of hydrogen-bond donors (Lipinski definition) is 1. The van der Waals surface area contributed by atoms with E-state index in [4.69, 9.17) is 14.4 Å². The van der Waals surface area contributed by atoms with Gasteiger partial charge in [0.05, 0.1) is 11.7 Å². The Kier molecular flexibility index (Phi) is 5.86. The molecule has 1 aromatic carbocycles. The van der Waals surface area contributed by atoms with Crippen molar-refractivity contribution in [2.24, 2.45) is 5.92 Å². The van der Waals surface area contributed by atoms with E-state index >= 15 is 0 Å². The van der Waals surface area contributed by atoms with Crippen molar-refractivity contribution < 1.29 is 4.42 Å². The molecule has 0 spiro atoms. The number of likely N-dealkylation sites (tertiary alicyclic amines) is 1. The third-order valence-electron chi connectivity index (χ3n) is 5.32. The lowest BCUT2D eigenvalue weighted by Crippen LogP contribution is -2.26. The van der Waals surface area contributed by atoms with Gasteiger partial charge in [-0.05, 0) is 56.5 Å². The topological polar surface area (TPSA) is 67.1 Å². The summed E-state index contributed by atoms with van der Waals surface area (Å²) in [7, 11) is 0. The molecular weight excluding hydrogens is 350 g/mol. The SMILES string of the molecule is CC(C)CCc1nc(NCCN2CCCC2)c2cc(-c3cnco3)ccc2n1. The van der Waals surface area contributed by atoms with E-state index in [9.17, 15) is 0 Å². The summed E-state index contributed by atoms with van der Waals surface area (Å²) in [6, 6.07) is 6.19. The first kappa shape index (κ1) is 18.9. The number of anilines is 1. The normalized spacial score (nSPS) is 15.0. The quantitative estimate of drug-likeness (QED) is 0.626. The maximum Gasteiger partial charge on any atom is 0.181 e. The fourth-order valence-electron chi connectivity index (χ4n) is 3.69. The number of hydrogen-bond acceptors (Lipinski definition) is 6. The van der Waals surface area contributed by atoms with Crippen LogP contribution in [0.3, 0.4) is 0 Å². The second kappa shape index (κ2) is 8.69. The molecule has 0 atom stereocenters. The molecule has 3 aromatic rings. The van der Waals surface area contributed by atoms with Crippen LogP contribution in [0.25, 0.3) is 22.2 Å². The number of aryl methyl sites for hydroxylation is 1. The lowest BCUT2D eigenvalue weighted by Gasteiger charge is -2.16. The summed E-state index contributed by atoms with van der Waals surface area (Å²) in [5, 5.41) is 4.61. The lowest BCUT2D eigenvalue weighted by molar-refractivity contribution is 0.352. The number of benzene rings is 1. The summed E-state index contributed by atoms with van der Waals surface area (Å²) in [4.78, 5) is 16.2. The molecule has 0 unspecified atom stereocenters. The van der Waals surface area contributed by atoms with Gasteiger partial charge in [0, 0.05) is 30.5 Å². The molecule has 28 heavy (non-hydrogen) atoms. The molecule has 1 saturated heterocycles. The fourth-order valence-corrected chi connectivity index (χ4v) is 3.69. The molecule has 6 heteroatoms. The Morgan fingerprint density at radius 1 is 1.18 bits per heavy atom. The summed E-state index contributed by atoms with van der Waals surface area (Å²) >= 11 is 0. The van der Waals surface area contributed by atoms with Crippen molar-refractivity contribution >= 4 is 16.7 Å². The number of rotatable bonds is 8. The predicted molar refractivity (Wildman–Crippen MR) is 112 cm³/mol. The molecule has 0 saturated carbocycles. The van der Waals surface area contributed by atoms with Crippen LogP contribution in [0.5, 0.6) is 0 Å². The molecule has 6 nitrogen and oxygen atoms in total. The Hall–Kier alpha value is -2.47. The molecule has 1 aliphatic rings. The third-order valence-corrected chi connectivity index (χ3v) is 5.32. The van der Waals surface area contributed by atoms with E-state index in [1.807, 2.05) is 6.07 Å². The van der Waals surface area contributed by atoms with Crippen LogP contribution in [0.15, 0.2) is 35.2 Å². The van der Waals surface area contributed by atoms with E-state index in [1.165, 1.54) is 32.3 Å². The molecule has 1 N–H and O–H groups in total. The van der Waals surface area contributed by atoms with Crippen molar-refractivity contribution in [3.63, 3.8) is 0 Å². The number of nitrogens with zero attached hydrogens (tertiary/aromatic N) is 4. The van der Waals surface area contributed by atoms with Crippen molar-refractivity contribution in [1.82, 2.24) is 19.9 Å². The van der Waals surface area contributed by atoms with Gasteiger partial charge in [-0.15, -0.1) is 0 Å². The fraction of sp³-hybridized carbons (Fsp3) is 0.500. The van der Waals surface area contributed by atoms with Gasteiger partial charge in [0.2, 0.25) is 0 Å². The van der Waals surface area contributed by atoms with Crippen LogP contribution in [0, 0.1) is 5.92 Å². The Labute approximate surface area is 166 Å². The second-order valence-corrected chi connectivity index (χ2v) is 7.99. The van der Waals surface area contributed by atoms with E-state index in [2.05, 4.69) is 41.2 Å². The van der Waals surface area contributed by atoms with E-state index in [0.29, 0.717) is 5.92 Å². The Morgan fingerprint density at radius 3 is 2.79 bits per heavy atom. The smallest absolute Gasteiger partial charge is 0.181 e. The predicted octanol–water partition coefficient (Wildman–Crippen LogP) is 4.38. The van der Waals surface area contributed by atoms with Gasteiger partial charge in [0.15, 0.2) is 12.2 Å². The highest BCUT2D eigenvalue weighted by molar-refractivity contribution is 5.92. The van der Waals surface area contributed by atoms with Gasteiger partial charge in [0.1, 0.15) is 11.6 Å². The van der Waals surface area contributed by atoms with Gasteiger partial charge in [-0.25, -0.2) is 15.0 Å². The minimum atomic E-state index is 0.639. The zero-order valence-electron chi connectivity index (χ0n) is 16.8. The molecule has 148 valence electrons. The Balaban J connectivity index is 1.61. The molecule has 0 bridgehead atoms. The summed E-state index contributed by atoms with van der Waals surface area (Å²) in [5.74, 6) is 3.23. The molecule has 4 rings (SSSR count). The van der Waals surface area contributed by atoms with Gasteiger partial charge in [-0.1, -0.05) is 13.8 Å². The van der Waals surface area contributed by atoms with Crippen LogP contribution in [-0.4, -0.2) is 46.0 Å². The second-order valence-electron chi connectivity index (χ2n) is 7.99. The van der Waals surface area contributed by atoms with Gasteiger partial charge in [0.25, 0.3) is 0 Å². The number of oxazole rings is 1. The van der Waals surface area contributed by atoms with E-state index in [0.717, 1.165) is 59.8 Å². The number of fused-ring (bicyclic) bond motifs is 1. The minimum Gasteiger partial charge on any atom is -0.444 e. The van der Waals surface area contributed by atoms with Crippen molar-refractivity contribution in [2.75, 3.05) is 31.5 Å². The Morgan fingerprint density at radius 2 is 2.04 bits per heavy atom. The van der Waals surface area contributed by atoms with Crippen molar-refractivity contribution in [3.05, 3.63) is 36.6 Å². The largest absolute Gasteiger partial charge is 0.444 e. The van der Waals surface area contributed by atoms with Crippen molar-refractivity contribution in [3.8, 4) is 11.3 Å². The first-order valence-corrected chi connectivity index (χ1v) is 10.3. The molecule has 2 aromatic heterocycles. The average Bonchev–Trinajstić information content (AvgIpc) is 3.40. The van der Waals surface area contributed by atoms with Gasteiger partial charge >= 0.3 is 0 Å². The molecule has 3 heterocycles. The highest BCUT2D eigenvalue weighted by atomic mass is 16.3. The third kappa shape index (κ3) is 4.50. The zero-order valence-corrected chi connectivity index (χ0v) is 16.8. The lowest BCUT2D eigenvalue weighted by atomic mass is 10.1. The maximum atomic E-state index is 5.47.